The number of nitrogens with one attached hydrogen (secondary N) is 1. The first-order valence-corrected chi connectivity index (χ1v) is 8.34. The van der Waals surface area contributed by atoms with Gasteiger partial charge in [0.2, 0.25) is 5.91 Å². The lowest BCUT2D eigenvalue weighted by atomic mass is 10.1. The van der Waals surface area contributed by atoms with E-state index in [1.165, 1.54) is 0 Å². The Morgan fingerprint density at radius 2 is 2.04 bits per heavy atom. The lowest BCUT2D eigenvalue weighted by Crippen LogP contribution is -2.29. The molecule has 7 heteroatoms. The molecule has 2 heterocycles. The third-order valence-corrected chi connectivity index (χ3v) is 4.48. The third kappa shape index (κ3) is 2.85. The zero-order chi connectivity index (χ0) is 17.4. The van der Waals surface area contributed by atoms with E-state index in [1.807, 2.05) is 24.3 Å². The number of halogens is 1. The van der Waals surface area contributed by atoms with Gasteiger partial charge in [-0.15, -0.1) is 0 Å². The summed E-state index contributed by atoms with van der Waals surface area (Å²) in [6, 6.07) is 12.4. The van der Waals surface area contributed by atoms with Gasteiger partial charge in [-0.25, -0.2) is 9.66 Å². The molecule has 126 valence electrons. The van der Waals surface area contributed by atoms with Gasteiger partial charge >= 0.3 is 0 Å². The summed E-state index contributed by atoms with van der Waals surface area (Å²) in [5.74, 6) is -0.320. The molecule has 25 heavy (non-hydrogen) atoms. The minimum Gasteiger partial charge on any atom is -0.312 e. The Morgan fingerprint density at radius 3 is 2.84 bits per heavy atom. The van der Waals surface area contributed by atoms with Gasteiger partial charge in [-0.2, -0.15) is 0 Å². The van der Waals surface area contributed by atoms with Gasteiger partial charge in [0, 0.05) is 18.0 Å². The number of benzene rings is 2. The smallest absolute Gasteiger partial charge is 0.272 e. The number of fused-ring (bicyclic) bond motifs is 1. The molecule has 0 unspecified atom stereocenters. The van der Waals surface area contributed by atoms with Crippen molar-refractivity contribution in [3.63, 3.8) is 0 Å². The van der Waals surface area contributed by atoms with E-state index >= 15 is 0 Å². The molecule has 4 rings (SSSR count). The number of hydrogen-bond acceptors (Lipinski definition) is 3. The van der Waals surface area contributed by atoms with Crippen LogP contribution in [0.25, 0.3) is 11.0 Å². The number of rotatable bonds is 3. The molecule has 1 fully saturated rings. The van der Waals surface area contributed by atoms with E-state index in [1.54, 1.807) is 34.1 Å². The fraction of sp³-hybridized carbons (Fsp3) is 0.167. The Kier molecular flexibility index (Phi) is 3.89. The summed E-state index contributed by atoms with van der Waals surface area (Å²) in [5, 5.41) is 0.485. The van der Waals surface area contributed by atoms with E-state index in [4.69, 9.17) is 11.6 Å². The van der Waals surface area contributed by atoms with Crippen LogP contribution in [0, 0.1) is 0 Å². The highest BCUT2D eigenvalue weighted by atomic mass is 35.5. The van der Waals surface area contributed by atoms with E-state index in [-0.39, 0.29) is 11.8 Å². The predicted molar refractivity (Wildman–Crippen MR) is 96.5 cm³/mol. The zero-order valence-corrected chi connectivity index (χ0v) is 14.0. The number of aromatic nitrogens is 2. The molecule has 0 atom stereocenters. The van der Waals surface area contributed by atoms with Crippen molar-refractivity contribution in [2.24, 2.45) is 0 Å². The molecular formula is C18H15ClN4O2. The largest absolute Gasteiger partial charge is 0.312 e. The first kappa shape index (κ1) is 15.7. The minimum absolute atomic E-state index is 0.00407. The van der Waals surface area contributed by atoms with Crippen LogP contribution in [0.4, 0.5) is 5.69 Å². The molecular weight excluding hydrogens is 340 g/mol. The molecule has 1 aliphatic rings. The fourth-order valence-electron chi connectivity index (χ4n) is 3.04. The van der Waals surface area contributed by atoms with E-state index < -0.39 is 0 Å². The van der Waals surface area contributed by atoms with Crippen LogP contribution in [-0.2, 0) is 4.79 Å². The van der Waals surface area contributed by atoms with Crippen LogP contribution in [0.5, 0.6) is 0 Å². The van der Waals surface area contributed by atoms with Crippen LogP contribution in [0.1, 0.15) is 23.2 Å². The average molecular weight is 355 g/mol. The summed E-state index contributed by atoms with van der Waals surface area (Å²) >= 11 is 6.08. The number of amides is 2. The molecule has 1 aromatic heterocycles. The van der Waals surface area contributed by atoms with Crippen molar-refractivity contribution < 1.29 is 9.59 Å². The predicted octanol–water partition coefficient (Wildman–Crippen LogP) is 3.20. The molecule has 0 saturated carbocycles. The molecule has 3 aromatic rings. The van der Waals surface area contributed by atoms with Crippen LogP contribution in [0.3, 0.4) is 0 Å². The number of carbonyl (C=O) groups excluding carboxylic acids is 2. The third-order valence-electron chi connectivity index (χ3n) is 4.24. The molecule has 1 saturated heterocycles. The second-order valence-electron chi connectivity index (χ2n) is 5.85. The lowest BCUT2D eigenvalue weighted by Gasteiger charge is -2.20. The number of anilines is 1. The topological polar surface area (TPSA) is 67.2 Å². The molecule has 0 radical (unpaired) electrons. The van der Waals surface area contributed by atoms with Crippen LogP contribution in [-0.4, -0.2) is 28.0 Å². The van der Waals surface area contributed by atoms with E-state index in [0.717, 1.165) is 17.5 Å². The highest BCUT2D eigenvalue weighted by Gasteiger charge is 2.26. The van der Waals surface area contributed by atoms with Crippen LogP contribution in [0.2, 0.25) is 5.02 Å². The van der Waals surface area contributed by atoms with Crippen LogP contribution in [0.15, 0.2) is 48.8 Å². The van der Waals surface area contributed by atoms with Gasteiger partial charge in [0.15, 0.2) is 0 Å². The minimum atomic E-state index is -0.325. The lowest BCUT2D eigenvalue weighted by molar-refractivity contribution is -0.117. The van der Waals surface area contributed by atoms with E-state index in [2.05, 4.69) is 10.4 Å². The Hall–Kier alpha value is -2.86. The average Bonchev–Trinajstić information content (AvgIpc) is 3.21. The highest BCUT2D eigenvalue weighted by molar-refractivity contribution is 6.31. The van der Waals surface area contributed by atoms with Crippen molar-refractivity contribution in [2.75, 3.05) is 16.9 Å². The summed E-state index contributed by atoms with van der Waals surface area (Å²) in [7, 11) is 0. The Bertz CT molecular complexity index is 982. The van der Waals surface area contributed by atoms with Gasteiger partial charge in [-0.1, -0.05) is 23.7 Å². The standard InChI is InChI=1S/C18H15ClN4O2/c19-12-7-8-13(16(10-12)22-9-3-6-17(22)24)18(25)21-23-11-20-14-4-1-2-5-15(14)23/h1-2,4-5,7-8,10-11H,3,6,9H2,(H,21,25). The Labute approximate surface area is 149 Å². The number of carbonyl (C=O) groups is 2. The van der Waals surface area contributed by atoms with E-state index in [9.17, 15) is 9.59 Å². The SMILES string of the molecule is O=C(Nn1cnc2ccccc21)c1ccc(Cl)cc1N1CCCC1=O. The van der Waals surface area contributed by atoms with Gasteiger partial charge in [0.1, 0.15) is 6.33 Å². The van der Waals surface area contributed by atoms with E-state index in [0.29, 0.717) is 29.2 Å². The van der Waals surface area contributed by atoms with Crippen molar-refractivity contribution in [3.8, 4) is 0 Å². The number of nitrogens with zero attached hydrogens (tertiary/aromatic N) is 3. The first-order valence-electron chi connectivity index (χ1n) is 7.97. The summed E-state index contributed by atoms with van der Waals surface area (Å²) < 4.78 is 1.57. The summed E-state index contributed by atoms with van der Waals surface area (Å²) in [6.07, 6.45) is 2.82. The number of imidazole rings is 1. The normalized spacial score (nSPS) is 14.3. The quantitative estimate of drug-likeness (QED) is 0.785. The molecule has 1 N–H and O–H groups in total. The first-order chi connectivity index (χ1) is 12.1. The molecule has 0 spiro atoms. The summed E-state index contributed by atoms with van der Waals surface area (Å²) in [5.41, 5.74) is 5.33. The summed E-state index contributed by atoms with van der Waals surface area (Å²) in [6.45, 7) is 0.591. The number of para-hydroxylation sites is 2. The van der Waals surface area contributed by atoms with Gasteiger partial charge in [0.05, 0.1) is 22.3 Å². The summed E-state index contributed by atoms with van der Waals surface area (Å²) in [4.78, 5) is 30.8. The molecule has 6 nitrogen and oxygen atoms in total. The van der Waals surface area contributed by atoms with Crippen LogP contribution < -0.4 is 10.3 Å². The molecule has 2 aromatic carbocycles. The fourth-order valence-corrected chi connectivity index (χ4v) is 3.21. The Balaban J connectivity index is 1.69. The van der Waals surface area contributed by atoms with Crippen molar-refractivity contribution in [1.82, 2.24) is 9.66 Å². The zero-order valence-electron chi connectivity index (χ0n) is 13.3. The monoisotopic (exact) mass is 354 g/mol. The van der Waals surface area contributed by atoms with Crippen molar-refractivity contribution >= 4 is 40.1 Å². The maximum absolute atomic E-state index is 12.8. The van der Waals surface area contributed by atoms with Crippen molar-refractivity contribution in [2.45, 2.75) is 12.8 Å². The number of hydrogen-bond donors (Lipinski definition) is 1. The molecule has 0 bridgehead atoms. The molecule has 2 amide bonds. The Morgan fingerprint density at radius 1 is 1.20 bits per heavy atom. The molecule has 0 aliphatic carbocycles. The maximum Gasteiger partial charge on any atom is 0.272 e. The van der Waals surface area contributed by atoms with Gasteiger partial charge in [-0.05, 0) is 36.8 Å². The van der Waals surface area contributed by atoms with Crippen molar-refractivity contribution in [3.05, 3.63) is 59.4 Å². The van der Waals surface area contributed by atoms with Gasteiger partial charge < -0.3 is 4.90 Å². The molecule has 1 aliphatic heterocycles. The van der Waals surface area contributed by atoms with Crippen LogP contribution >= 0.6 is 11.6 Å². The van der Waals surface area contributed by atoms with Gasteiger partial charge in [0.25, 0.3) is 5.91 Å². The van der Waals surface area contributed by atoms with Gasteiger partial charge in [-0.3, -0.25) is 15.0 Å². The maximum atomic E-state index is 12.8. The van der Waals surface area contributed by atoms with Crippen molar-refractivity contribution in [1.29, 1.82) is 0 Å². The second-order valence-corrected chi connectivity index (χ2v) is 6.29. The second kappa shape index (κ2) is 6.22. The highest BCUT2D eigenvalue weighted by Crippen LogP contribution is 2.29.